The van der Waals surface area contributed by atoms with E-state index in [9.17, 15) is 0 Å². The van der Waals surface area contributed by atoms with Gasteiger partial charge in [0.25, 0.3) is 0 Å². The van der Waals surface area contributed by atoms with E-state index in [0.717, 1.165) is 0 Å². The second-order valence-corrected chi connectivity index (χ2v) is 6.38. The first-order chi connectivity index (χ1) is 9.34. The molecule has 3 rings (SSSR count). The van der Waals surface area contributed by atoms with Crippen LogP contribution in [0.15, 0.2) is 41.8 Å². The van der Waals surface area contributed by atoms with Crippen molar-refractivity contribution in [2.45, 2.75) is 44.7 Å². The fourth-order valence-corrected chi connectivity index (χ4v) is 3.76. The second-order valence-electron chi connectivity index (χ2n) is 5.40. The summed E-state index contributed by atoms with van der Waals surface area (Å²) in [4.78, 5) is 1.43. The SMILES string of the molecule is CC(NC1CCCCc2ccccc21)c1cccs1. The van der Waals surface area contributed by atoms with E-state index in [2.05, 4.69) is 54.0 Å². The van der Waals surface area contributed by atoms with Crippen molar-refractivity contribution in [3.63, 3.8) is 0 Å². The van der Waals surface area contributed by atoms with Crippen LogP contribution in [0.25, 0.3) is 0 Å². The summed E-state index contributed by atoms with van der Waals surface area (Å²) in [5.74, 6) is 0. The van der Waals surface area contributed by atoms with E-state index in [1.165, 1.54) is 41.7 Å². The van der Waals surface area contributed by atoms with Crippen LogP contribution in [0.1, 0.15) is 54.3 Å². The van der Waals surface area contributed by atoms with Gasteiger partial charge in [0.2, 0.25) is 0 Å². The summed E-state index contributed by atoms with van der Waals surface area (Å²) in [5.41, 5.74) is 3.05. The summed E-state index contributed by atoms with van der Waals surface area (Å²) in [6.07, 6.45) is 5.14. The maximum absolute atomic E-state index is 3.83. The van der Waals surface area contributed by atoms with Crippen LogP contribution in [0.2, 0.25) is 0 Å². The van der Waals surface area contributed by atoms with Crippen LogP contribution in [-0.2, 0) is 6.42 Å². The first kappa shape index (κ1) is 12.9. The normalized spacial score (nSPS) is 20.6. The number of aryl methyl sites for hydroxylation is 1. The van der Waals surface area contributed by atoms with Gasteiger partial charge in [-0.2, -0.15) is 0 Å². The van der Waals surface area contributed by atoms with Gasteiger partial charge in [-0.15, -0.1) is 11.3 Å². The highest BCUT2D eigenvalue weighted by atomic mass is 32.1. The van der Waals surface area contributed by atoms with E-state index < -0.39 is 0 Å². The summed E-state index contributed by atoms with van der Waals surface area (Å²) in [7, 11) is 0. The van der Waals surface area contributed by atoms with Gasteiger partial charge in [0.05, 0.1) is 0 Å². The fourth-order valence-electron chi connectivity index (χ4n) is 3.02. The van der Waals surface area contributed by atoms with Gasteiger partial charge in [-0.05, 0) is 48.8 Å². The molecular weight excluding hydrogens is 250 g/mol. The first-order valence-electron chi connectivity index (χ1n) is 7.22. The van der Waals surface area contributed by atoms with Crippen molar-refractivity contribution < 1.29 is 0 Å². The fraction of sp³-hybridized carbons (Fsp3) is 0.412. The molecule has 19 heavy (non-hydrogen) atoms. The zero-order valence-electron chi connectivity index (χ0n) is 11.4. The van der Waals surface area contributed by atoms with Crippen molar-refractivity contribution in [1.29, 1.82) is 0 Å². The van der Waals surface area contributed by atoms with Crippen molar-refractivity contribution in [2.75, 3.05) is 0 Å². The van der Waals surface area contributed by atoms with Gasteiger partial charge in [-0.1, -0.05) is 36.8 Å². The minimum absolute atomic E-state index is 0.441. The molecule has 1 heterocycles. The van der Waals surface area contributed by atoms with Crippen molar-refractivity contribution in [2.24, 2.45) is 0 Å². The second kappa shape index (κ2) is 5.89. The third-order valence-corrected chi connectivity index (χ3v) is 5.10. The number of fused-ring (bicyclic) bond motifs is 1. The summed E-state index contributed by atoms with van der Waals surface area (Å²) < 4.78 is 0. The van der Waals surface area contributed by atoms with Crippen molar-refractivity contribution in [1.82, 2.24) is 5.32 Å². The predicted molar refractivity (Wildman–Crippen MR) is 82.6 cm³/mol. The summed E-state index contributed by atoms with van der Waals surface area (Å²) in [6, 6.07) is 14.3. The van der Waals surface area contributed by atoms with E-state index in [1.54, 1.807) is 0 Å². The molecule has 2 heteroatoms. The van der Waals surface area contributed by atoms with Crippen LogP contribution in [0.5, 0.6) is 0 Å². The molecule has 2 atom stereocenters. The van der Waals surface area contributed by atoms with E-state index in [0.29, 0.717) is 12.1 Å². The lowest BCUT2D eigenvalue weighted by Gasteiger charge is -2.23. The monoisotopic (exact) mass is 271 g/mol. The van der Waals surface area contributed by atoms with Gasteiger partial charge < -0.3 is 5.32 Å². The molecule has 1 N–H and O–H groups in total. The van der Waals surface area contributed by atoms with Crippen LogP contribution in [0.4, 0.5) is 0 Å². The lowest BCUT2D eigenvalue weighted by atomic mass is 9.98. The average Bonchev–Trinajstić information content (AvgIpc) is 2.90. The van der Waals surface area contributed by atoms with Gasteiger partial charge in [-0.25, -0.2) is 0 Å². The molecule has 0 fully saturated rings. The molecule has 0 saturated carbocycles. The standard InChI is InChI=1S/C17H21NS/c1-13(17-11-6-12-19-17)18-16-10-5-3-8-14-7-2-4-9-15(14)16/h2,4,6-7,9,11-13,16,18H,3,5,8,10H2,1H3. The predicted octanol–water partition coefficient (Wildman–Crippen LogP) is 4.87. The molecule has 1 aromatic heterocycles. The van der Waals surface area contributed by atoms with Crippen LogP contribution in [0.3, 0.4) is 0 Å². The summed E-state index contributed by atoms with van der Waals surface area (Å²) >= 11 is 1.84. The lowest BCUT2D eigenvalue weighted by molar-refractivity contribution is 0.441. The Morgan fingerprint density at radius 3 is 2.89 bits per heavy atom. The molecule has 0 bridgehead atoms. The Kier molecular flexibility index (Phi) is 4.00. The smallest absolute Gasteiger partial charge is 0.0391 e. The zero-order chi connectivity index (χ0) is 13.1. The van der Waals surface area contributed by atoms with Gasteiger partial charge in [0.1, 0.15) is 0 Å². The summed E-state index contributed by atoms with van der Waals surface area (Å²) in [6.45, 7) is 2.28. The van der Waals surface area contributed by atoms with E-state index >= 15 is 0 Å². The topological polar surface area (TPSA) is 12.0 Å². The Labute approximate surface area is 119 Å². The Morgan fingerprint density at radius 2 is 2.05 bits per heavy atom. The molecule has 1 aliphatic rings. The molecule has 0 saturated heterocycles. The molecule has 1 nitrogen and oxygen atoms in total. The third-order valence-electron chi connectivity index (χ3n) is 4.04. The summed E-state index contributed by atoms with van der Waals surface area (Å²) in [5, 5.41) is 5.99. The van der Waals surface area contributed by atoms with Gasteiger partial charge in [0, 0.05) is 17.0 Å². The Balaban J connectivity index is 1.80. The lowest BCUT2D eigenvalue weighted by Crippen LogP contribution is -2.24. The largest absolute Gasteiger partial charge is 0.303 e. The van der Waals surface area contributed by atoms with Crippen LogP contribution >= 0.6 is 11.3 Å². The Bertz CT molecular complexity index is 518. The van der Waals surface area contributed by atoms with Crippen LogP contribution in [0, 0.1) is 0 Å². The first-order valence-corrected chi connectivity index (χ1v) is 8.10. The molecular formula is C17H21NS. The van der Waals surface area contributed by atoms with Crippen molar-refractivity contribution in [3.05, 3.63) is 57.8 Å². The highest BCUT2D eigenvalue weighted by Gasteiger charge is 2.20. The molecule has 0 radical (unpaired) electrons. The molecule has 2 unspecified atom stereocenters. The van der Waals surface area contributed by atoms with Crippen LogP contribution in [-0.4, -0.2) is 0 Å². The molecule has 0 amide bonds. The zero-order valence-corrected chi connectivity index (χ0v) is 12.2. The van der Waals surface area contributed by atoms with Gasteiger partial charge in [-0.3, -0.25) is 0 Å². The molecule has 0 spiro atoms. The molecule has 0 aliphatic heterocycles. The number of nitrogens with one attached hydrogen (secondary N) is 1. The van der Waals surface area contributed by atoms with Gasteiger partial charge in [0.15, 0.2) is 0 Å². The molecule has 100 valence electrons. The number of benzene rings is 1. The maximum Gasteiger partial charge on any atom is 0.0391 e. The van der Waals surface area contributed by atoms with E-state index in [1.807, 2.05) is 11.3 Å². The Morgan fingerprint density at radius 1 is 1.16 bits per heavy atom. The quantitative estimate of drug-likeness (QED) is 0.786. The minimum Gasteiger partial charge on any atom is -0.303 e. The highest BCUT2D eigenvalue weighted by Crippen LogP contribution is 2.31. The minimum atomic E-state index is 0.441. The number of rotatable bonds is 3. The van der Waals surface area contributed by atoms with E-state index in [-0.39, 0.29) is 0 Å². The van der Waals surface area contributed by atoms with Crippen molar-refractivity contribution >= 4 is 11.3 Å². The molecule has 1 aliphatic carbocycles. The van der Waals surface area contributed by atoms with Crippen LogP contribution < -0.4 is 5.32 Å². The van der Waals surface area contributed by atoms with Crippen molar-refractivity contribution in [3.8, 4) is 0 Å². The number of hydrogen-bond acceptors (Lipinski definition) is 2. The molecule has 2 aromatic rings. The third kappa shape index (κ3) is 2.90. The van der Waals surface area contributed by atoms with E-state index in [4.69, 9.17) is 0 Å². The maximum atomic E-state index is 3.83. The molecule has 1 aromatic carbocycles. The number of hydrogen-bond donors (Lipinski definition) is 1. The van der Waals surface area contributed by atoms with Gasteiger partial charge >= 0.3 is 0 Å². The highest BCUT2D eigenvalue weighted by molar-refractivity contribution is 7.10. The Hall–Kier alpha value is -1.12. The average molecular weight is 271 g/mol. The number of thiophene rings is 1.